The van der Waals surface area contributed by atoms with Gasteiger partial charge >= 0.3 is 0 Å². The normalized spacial score (nSPS) is 24.6. The van der Waals surface area contributed by atoms with Crippen molar-refractivity contribution in [2.75, 3.05) is 26.7 Å². The van der Waals surface area contributed by atoms with E-state index in [2.05, 4.69) is 22.6 Å². The molecule has 5 rings (SSSR count). The third kappa shape index (κ3) is 8.38. The van der Waals surface area contributed by atoms with Gasteiger partial charge in [0.25, 0.3) is 0 Å². The number of rotatable bonds is 14. The molecule has 11 nitrogen and oxygen atoms in total. The first-order valence-electron chi connectivity index (χ1n) is 17.1. The van der Waals surface area contributed by atoms with Gasteiger partial charge in [0.15, 0.2) is 0 Å². The summed E-state index contributed by atoms with van der Waals surface area (Å²) in [5, 5.41) is 5.80. The molecule has 47 heavy (non-hydrogen) atoms. The molecule has 3 aliphatic rings. The predicted molar refractivity (Wildman–Crippen MR) is 181 cm³/mol. The van der Waals surface area contributed by atoms with Gasteiger partial charge in [0.2, 0.25) is 23.6 Å². The van der Waals surface area contributed by atoms with Gasteiger partial charge in [-0.05, 0) is 76.6 Å². The van der Waals surface area contributed by atoms with Crippen molar-refractivity contribution in [2.24, 2.45) is 11.5 Å². The Balaban J connectivity index is 1.29. The number of unbranched alkanes of at least 4 members (excludes halogenated alkanes) is 1. The number of piperazine rings is 1. The molecule has 3 fully saturated rings. The monoisotopic (exact) mass is 645 g/mol. The Morgan fingerprint density at radius 1 is 0.894 bits per heavy atom. The molecule has 0 radical (unpaired) electrons. The van der Waals surface area contributed by atoms with Gasteiger partial charge in [0.1, 0.15) is 18.1 Å². The zero-order valence-electron chi connectivity index (χ0n) is 27.7. The van der Waals surface area contributed by atoms with Crippen LogP contribution < -0.4 is 22.1 Å². The molecular formula is C36H51N7O4. The number of likely N-dealkylation sites (N-methyl/N-ethyl adjacent to an activating group) is 1. The zero-order valence-corrected chi connectivity index (χ0v) is 27.7. The van der Waals surface area contributed by atoms with E-state index in [1.807, 2.05) is 72.5 Å². The van der Waals surface area contributed by atoms with Gasteiger partial charge in [-0.15, -0.1) is 0 Å². The molecule has 0 spiro atoms. The first-order chi connectivity index (χ1) is 22.7. The van der Waals surface area contributed by atoms with Gasteiger partial charge in [-0.1, -0.05) is 60.7 Å². The molecule has 2 bridgehead atoms. The lowest BCUT2D eigenvalue weighted by Gasteiger charge is -2.43. The molecule has 0 saturated carbocycles. The fraction of sp³-hybridized carbons (Fsp3) is 0.556. The fourth-order valence-electron chi connectivity index (χ4n) is 7.61. The molecule has 3 heterocycles. The van der Waals surface area contributed by atoms with Crippen molar-refractivity contribution in [3.8, 4) is 0 Å². The van der Waals surface area contributed by atoms with Gasteiger partial charge < -0.3 is 36.8 Å². The number of nitrogens with one attached hydrogen (secondary N) is 2. The number of nitrogens with two attached hydrogens (primary N) is 2. The summed E-state index contributed by atoms with van der Waals surface area (Å²) in [5.41, 5.74) is 13.8. The number of fused-ring (bicyclic) bond motifs is 2. The van der Waals surface area contributed by atoms with Crippen molar-refractivity contribution in [1.29, 1.82) is 0 Å². The highest BCUT2D eigenvalue weighted by atomic mass is 16.2. The van der Waals surface area contributed by atoms with Crippen molar-refractivity contribution in [3.05, 3.63) is 71.8 Å². The van der Waals surface area contributed by atoms with Gasteiger partial charge in [-0.3, -0.25) is 19.2 Å². The lowest BCUT2D eigenvalue weighted by Crippen LogP contribution is -2.61. The van der Waals surface area contributed by atoms with E-state index in [-0.39, 0.29) is 36.4 Å². The topological polar surface area (TPSA) is 154 Å². The van der Waals surface area contributed by atoms with Gasteiger partial charge in [-0.25, -0.2) is 0 Å². The quantitative estimate of drug-likeness (QED) is 0.225. The van der Waals surface area contributed by atoms with Crippen LogP contribution in [-0.2, 0) is 32.0 Å². The third-order valence-electron chi connectivity index (χ3n) is 9.94. The lowest BCUT2D eigenvalue weighted by atomic mass is 10.0. The number of likely N-dealkylation sites (tertiary alicyclic amines) is 2. The molecule has 11 heteroatoms. The van der Waals surface area contributed by atoms with Crippen molar-refractivity contribution >= 4 is 23.6 Å². The standard InChI is InChI=1S/C36H51N7O4/c1-24-19-31(35(46)42(24)32(15-9-10-18-37)36(47)43-27-16-17-28(43)23-41(2)22-27)40-34(45)30(21-26-13-7-4-8-14-26)39-33(44)29(38)20-25-11-5-3-6-12-25/h3-8,11-14,24,27-32H,9-10,15-23,37-38H2,1-2H3,(H,39,44)(H,40,45). The van der Waals surface area contributed by atoms with Crippen LogP contribution in [0.1, 0.15) is 56.6 Å². The average molecular weight is 646 g/mol. The van der Waals surface area contributed by atoms with E-state index in [4.69, 9.17) is 11.5 Å². The number of hydrogen-bond acceptors (Lipinski definition) is 7. The van der Waals surface area contributed by atoms with Crippen LogP contribution in [0.2, 0.25) is 0 Å². The summed E-state index contributed by atoms with van der Waals surface area (Å²) in [7, 11) is 2.09. The molecule has 3 saturated heterocycles. The van der Waals surface area contributed by atoms with E-state index in [9.17, 15) is 19.2 Å². The number of carbonyl (C=O) groups excluding carboxylic acids is 4. The van der Waals surface area contributed by atoms with Crippen LogP contribution in [0.4, 0.5) is 0 Å². The Kier molecular flexibility index (Phi) is 11.7. The van der Waals surface area contributed by atoms with Crippen LogP contribution in [0, 0.1) is 0 Å². The van der Waals surface area contributed by atoms with Gasteiger partial charge in [0.05, 0.1) is 6.04 Å². The minimum Gasteiger partial charge on any atom is -0.343 e. The summed E-state index contributed by atoms with van der Waals surface area (Å²) < 4.78 is 0. The number of hydrogen-bond donors (Lipinski definition) is 4. The fourth-order valence-corrected chi connectivity index (χ4v) is 7.61. The Bertz CT molecular complexity index is 1360. The Hall–Kier alpha value is -3.80. The van der Waals surface area contributed by atoms with Crippen LogP contribution in [0.25, 0.3) is 0 Å². The molecule has 0 aliphatic carbocycles. The zero-order chi connectivity index (χ0) is 33.5. The summed E-state index contributed by atoms with van der Waals surface area (Å²) in [6.45, 7) is 4.14. The van der Waals surface area contributed by atoms with Crippen molar-refractivity contribution in [2.45, 2.75) is 101 Å². The highest BCUT2D eigenvalue weighted by molar-refractivity contribution is 5.96. The van der Waals surface area contributed by atoms with Crippen molar-refractivity contribution < 1.29 is 19.2 Å². The Morgan fingerprint density at radius 2 is 1.49 bits per heavy atom. The molecule has 4 amide bonds. The van der Waals surface area contributed by atoms with Gasteiger partial charge in [0, 0.05) is 37.6 Å². The summed E-state index contributed by atoms with van der Waals surface area (Å²) in [4.78, 5) is 61.4. The second-order valence-corrected chi connectivity index (χ2v) is 13.6. The Morgan fingerprint density at radius 3 is 2.09 bits per heavy atom. The van der Waals surface area contributed by atoms with Crippen LogP contribution in [0.15, 0.2) is 60.7 Å². The van der Waals surface area contributed by atoms with Crippen LogP contribution >= 0.6 is 0 Å². The second-order valence-electron chi connectivity index (χ2n) is 13.6. The largest absolute Gasteiger partial charge is 0.343 e. The summed E-state index contributed by atoms with van der Waals surface area (Å²) in [6, 6.07) is 15.8. The summed E-state index contributed by atoms with van der Waals surface area (Å²) in [6.07, 6.45) is 4.92. The molecule has 254 valence electrons. The molecule has 7 unspecified atom stereocenters. The number of carbonyl (C=O) groups is 4. The molecule has 6 N–H and O–H groups in total. The first-order valence-corrected chi connectivity index (χ1v) is 17.1. The van der Waals surface area contributed by atoms with E-state index in [1.54, 1.807) is 4.90 Å². The summed E-state index contributed by atoms with van der Waals surface area (Å²) >= 11 is 0. The van der Waals surface area contributed by atoms with E-state index >= 15 is 0 Å². The smallest absolute Gasteiger partial charge is 0.246 e. The van der Waals surface area contributed by atoms with Crippen molar-refractivity contribution in [1.82, 2.24) is 25.3 Å². The maximum Gasteiger partial charge on any atom is 0.246 e. The molecule has 7 atom stereocenters. The van der Waals surface area contributed by atoms with E-state index in [1.165, 1.54) is 0 Å². The molecule has 0 aromatic heterocycles. The SMILES string of the molecule is CC1CC(NC(=O)C(Cc2ccccc2)NC(=O)C(N)Cc2ccccc2)C(=O)N1C(CCCCN)C(=O)N1C2CCC1CN(C)C2. The molecular weight excluding hydrogens is 594 g/mol. The van der Waals surface area contributed by atoms with Crippen LogP contribution in [0.3, 0.4) is 0 Å². The van der Waals surface area contributed by atoms with E-state index in [0.717, 1.165) is 49.9 Å². The molecule has 2 aromatic carbocycles. The highest BCUT2D eigenvalue weighted by Crippen LogP contribution is 2.33. The first kappa shape index (κ1) is 34.5. The molecule has 2 aromatic rings. The Labute approximate surface area is 278 Å². The number of benzene rings is 2. The minimum atomic E-state index is -0.938. The third-order valence-corrected chi connectivity index (χ3v) is 9.94. The number of amides is 4. The van der Waals surface area contributed by atoms with Gasteiger partial charge in [-0.2, -0.15) is 0 Å². The summed E-state index contributed by atoms with van der Waals surface area (Å²) in [5.74, 6) is -1.14. The number of nitrogens with zero attached hydrogens (tertiary/aromatic N) is 3. The maximum atomic E-state index is 14.2. The maximum absolute atomic E-state index is 14.2. The van der Waals surface area contributed by atoms with Crippen LogP contribution in [0.5, 0.6) is 0 Å². The lowest BCUT2D eigenvalue weighted by molar-refractivity contribution is -0.150. The average Bonchev–Trinajstić information content (AvgIpc) is 3.49. The minimum absolute atomic E-state index is 0.0106. The van der Waals surface area contributed by atoms with Crippen molar-refractivity contribution in [3.63, 3.8) is 0 Å². The highest BCUT2D eigenvalue weighted by Gasteiger charge is 2.49. The molecule has 3 aliphatic heterocycles. The van der Waals surface area contributed by atoms with E-state index < -0.39 is 36.0 Å². The predicted octanol–water partition coefficient (Wildman–Crippen LogP) is 1.19. The van der Waals surface area contributed by atoms with E-state index in [0.29, 0.717) is 25.8 Å². The van der Waals surface area contributed by atoms with Crippen LogP contribution in [-0.4, -0.2) is 107 Å². The second kappa shape index (κ2) is 15.9.